The van der Waals surface area contributed by atoms with Crippen molar-refractivity contribution in [2.45, 2.75) is 19.5 Å². The van der Waals surface area contributed by atoms with Gasteiger partial charge in [-0.25, -0.2) is 0 Å². The van der Waals surface area contributed by atoms with Gasteiger partial charge in [-0.2, -0.15) is 13.2 Å². The summed E-state index contributed by atoms with van der Waals surface area (Å²) >= 11 is 0. The van der Waals surface area contributed by atoms with Crippen LogP contribution in [0.4, 0.5) is 18.9 Å². The number of hydrogen-bond acceptors (Lipinski definition) is 1. The Kier molecular flexibility index (Phi) is 3.02. The maximum atomic E-state index is 12.5. The van der Waals surface area contributed by atoms with Crippen molar-refractivity contribution in [3.8, 4) is 0 Å². The normalized spacial score (nSPS) is 11.8. The number of carbonyl (C=O) groups is 1. The van der Waals surface area contributed by atoms with Gasteiger partial charge in [0.2, 0.25) is 5.91 Å². The second kappa shape index (κ2) is 4.36. The molecule has 2 N–H and O–H groups in total. The van der Waals surface area contributed by atoms with Gasteiger partial charge in [-0.05, 0) is 24.3 Å². The van der Waals surface area contributed by atoms with Crippen molar-refractivity contribution in [2.24, 2.45) is 0 Å². The van der Waals surface area contributed by atoms with Crippen LogP contribution in [0.3, 0.4) is 0 Å². The molecule has 2 aromatic rings. The van der Waals surface area contributed by atoms with E-state index in [1.54, 1.807) is 13.0 Å². The number of anilines is 1. The molecule has 1 aromatic carbocycles. The molecule has 96 valence electrons. The van der Waals surface area contributed by atoms with Gasteiger partial charge in [-0.15, -0.1) is 0 Å². The number of halogens is 3. The van der Waals surface area contributed by atoms with Gasteiger partial charge in [0, 0.05) is 23.0 Å². The van der Waals surface area contributed by atoms with E-state index in [2.05, 4.69) is 10.3 Å². The average molecular weight is 256 g/mol. The quantitative estimate of drug-likeness (QED) is 0.848. The molecule has 0 radical (unpaired) electrons. The third-order valence-electron chi connectivity index (χ3n) is 2.53. The minimum Gasteiger partial charge on any atom is -0.351 e. The summed E-state index contributed by atoms with van der Waals surface area (Å²) in [6.07, 6.45) is -4.08. The number of alkyl halides is 3. The Bertz CT molecular complexity index is 587. The van der Waals surface area contributed by atoms with Crippen molar-refractivity contribution in [3.63, 3.8) is 0 Å². The molecule has 0 aliphatic rings. The van der Waals surface area contributed by atoms with Gasteiger partial charge >= 0.3 is 6.18 Å². The van der Waals surface area contributed by atoms with E-state index in [0.29, 0.717) is 23.0 Å². The lowest BCUT2D eigenvalue weighted by atomic mass is 10.2. The fourth-order valence-corrected chi connectivity index (χ4v) is 1.61. The number of nitrogens with one attached hydrogen (secondary N) is 2. The number of amides is 1. The molecule has 0 aliphatic heterocycles. The maximum Gasteiger partial charge on any atom is 0.431 e. The minimum atomic E-state index is -4.40. The van der Waals surface area contributed by atoms with Gasteiger partial charge in [0.15, 0.2) is 0 Å². The summed E-state index contributed by atoms with van der Waals surface area (Å²) in [4.78, 5) is 13.5. The first-order valence-corrected chi connectivity index (χ1v) is 5.40. The van der Waals surface area contributed by atoms with E-state index in [0.717, 1.165) is 6.07 Å². The lowest BCUT2D eigenvalue weighted by Crippen LogP contribution is -2.08. The Balaban J connectivity index is 2.37. The van der Waals surface area contributed by atoms with Crippen LogP contribution in [0.2, 0.25) is 0 Å². The van der Waals surface area contributed by atoms with Crippen molar-refractivity contribution in [1.29, 1.82) is 0 Å². The van der Waals surface area contributed by atoms with Gasteiger partial charge in [0.1, 0.15) is 5.69 Å². The van der Waals surface area contributed by atoms with Crippen molar-refractivity contribution < 1.29 is 18.0 Å². The Hall–Kier alpha value is -1.98. The Morgan fingerprint density at radius 3 is 2.67 bits per heavy atom. The summed E-state index contributed by atoms with van der Waals surface area (Å²) in [5.41, 5.74) is 0.0790. The first-order valence-electron chi connectivity index (χ1n) is 5.40. The van der Waals surface area contributed by atoms with E-state index in [4.69, 9.17) is 0 Å². The lowest BCUT2D eigenvalue weighted by Gasteiger charge is -2.02. The van der Waals surface area contributed by atoms with Crippen LogP contribution in [0.1, 0.15) is 19.0 Å². The Morgan fingerprint density at radius 2 is 2.06 bits per heavy atom. The minimum absolute atomic E-state index is 0.180. The molecule has 0 fully saturated rings. The van der Waals surface area contributed by atoms with Gasteiger partial charge in [-0.3, -0.25) is 4.79 Å². The fourth-order valence-electron chi connectivity index (χ4n) is 1.61. The third-order valence-corrected chi connectivity index (χ3v) is 2.53. The molecule has 1 heterocycles. The molecule has 18 heavy (non-hydrogen) atoms. The number of aromatic nitrogens is 1. The first kappa shape index (κ1) is 12.5. The van der Waals surface area contributed by atoms with Crippen LogP contribution < -0.4 is 5.32 Å². The number of aromatic amines is 1. The number of hydrogen-bond donors (Lipinski definition) is 2. The molecule has 6 heteroatoms. The van der Waals surface area contributed by atoms with Crippen molar-refractivity contribution >= 4 is 22.5 Å². The molecule has 3 nitrogen and oxygen atoms in total. The van der Waals surface area contributed by atoms with Crippen molar-refractivity contribution in [2.75, 3.05) is 5.32 Å². The Labute approximate surface area is 101 Å². The summed E-state index contributed by atoms with van der Waals surface area (Å²) in [6.45, 7) is 1.70. The summed E-state index contributed by atoms with van der Waals surface area (Å²) in [7, 11) is 0. The molecular formula is C12H11F3N2O. The molecule has 0 unspecified atom stereocenters. The van der Waals surface area contributed by atoms with Crippen molar-refractivity contribution in [1.82, 2.24) is 4.98 Å². The number of fused-ring (bicyclic) bond motifs is 1. The van der Waals surface area contributed by atoms with Gasteiger partial charge in [0.05, 0.1) is 0 Å². The number of H-pyrrole nitrogens is 1. The van der Waals surface area contributed by atoms with Crippen LogP contribution in [-0.2, 0) is 11.0 Å². The second-order valence-corrected chi connectivity index (χ2v) is 3.88. The summed E-state index contributed by atoms with van der Waals surface area (Å²) in [5.74, 6) is -0.180. The number of rotatable bonds is 2. The van der Waals surface area contributed by atoms with Crippen LogP contribution in [0.15, 0.2) is 24.3 Å². The predicted octanol–water partition coefficient (Wildman–Crippen LogP) is 3.54. The van der Waals surface area contributed by atoms with E-state index in [1.807, 2.05) is 0 Å². The highest BCUT2D eigenvalue weighted by atomic mass is 19.4. The molecule has 0 bridgehead atoms. The second-order valence-electron chi connectivity index (χ2n) is 3.88. The number of benzene rings is 1. The number of carbonyl (C=O) groups excluding carboxylic acids is 1. The zero-order valence-electron chi connectivity index (χ0n) is 9.56. The summed E-state index contributed by atoms with van der Waals surface area (Å²) in [6, 6.07) is 5.61. The molecule has 0 saturated carbocycles. The molecule has 0 spiro atoms. The van der Waals surface area contributed by atoms with E-state index >= 15 is 0 Å². The first-order chi connectivity index (χ1) is 8.40. The highest BCUT2D eigenvalue weighted by molar-refractivity contribution is 5.93. The van der Waals surface area contributed by atoms with Gasteiger partial charge in [0.25, 0.3) is 0 Å². The predicted molar refractivity (Wildman–Crippen MR) is 62.2 cm³/mol. The zero-order valence-corrected chi connectivity index (χ0v) is 9.56. The third kappa shape index (κ3) is 2.47. The molecule has 1 amide bonds. The molecule has 0 saturated heterocycles. The molecule has 1 aromatic heterocycles. The molecule has 0 aliphatic carbocycles. The molecular weight excluding hydrogens is 245 g/mol. The van der Waals surface area contributed by atoms with Crippen LogP contribution in [0.25, 0.3) is 10.9 Å². The van der Waals surface area contributed by atoms with Crippen LogP contribution in [0, 0.1) is 0 Å². The highest BCUT2D eigenvalue weighted by Crippen LogP contribution is 2.31. The maximum absolute atomic E-state index is 12.5. The average Bonchev–Trinajstić information content (AvgIpc) is 2.71. The topological polar surface area (TPSA) is 44.9 Å². The monoisotopic (exact) mass is 256 g/mol. The summed E-state index contributed by atoms with van der Waals surface area (Å²) in [5, 5.41) is 3.01. The van der Waals surface area contributed by atoms with Crippen LogP contribution >= 0.6 is 0 Å². The highest BCUT2D eigenvalue weighted by Gasteiger charge is 2.32. The van der Waals surface area contributed by atoms with Crippen LogP contribution in [0.5, 0.6) is 0 Å². The smallest absolute Gasteiger partial charge is 0.351 e. The van der Waals surface area contributed by atoms with E-state index in [1.165, 1.54) is 12.1 Å². The largest absolute Gasteiger partial charge is 0.431 e. The SMILES string of the molecule is CCC(=O)Nc1ccc2[nH]c(C(F)(F)F)cc2c1. The van der Waals surface area contributed by atoms with Crippen molar-refractivity contribution in [3.05, 3.63) is 30.0 Å². The van der Waals surface area contributed by atoms with Gasteiger partial charge < -0.3 is 10.3 Å². The van der Waals surface area contributed by atoms with Gasteiger partial charge in [-0.1, -0.05) is 6.92 Å². The standard InChI is InChI=1S/C12H11F3N2O/c1-2-11(18)16-8-3-4-9-7(5-8)6-10(17-9)12(13,14)15/h3-6,17H,2H2,1H3,(H,16,18). The van der Waals surface area contributed by atoms with E-state index < -0.39 is 11.9 Å². The zero-order chi connectivity index (χ0) is 13.3. The van der Waals surface area contributed by atoms with E-state index in [9.17, 15) is 18.0 Å². The lowest BCUT2D eigenvalue weighted by molar-refractivity contribution is -0.140. The fraction of sp³-hybridized carbons (Fsp3) is 0.250. The summed E-state index contributed by atoms with van der Waals surface area (Å²) < 4.78 is 37.5. The Morgan fingerprint density at radius 1 is 1.33 bits per heavy atom. The van der Waals surface area contributed by atoms with Crippen LogP contribution in [-0.4, -0.2) is 10.9 Å². The van der Waals surface area contributed by atoms with E-state index in [-0.39, 0.29) is 5.91 Å². The molecule has 0 atom stereocenters. The molecule has 2 rings (SSSR count).